The summed E-state index contributed by atoms with van der Waals surface area (Å²) in [7, 11) is 3.59. The molecule has 2 aromatic carbocycles. The van der Waals surface area contributed by atoms with E-state index in [2.05, 4.69) is 15.2 Å². The number of anilines is 1. The van der Waals surface area contributed by atoms with E-state index < -0.39 is 5.82 Å². The molecule has 2 unspecified atom stereocenters. The quantitative estimate of drug-likeness (QED) is 0.305. The Morgan fingerprint density at radius 1 is 1.28 bits per heavy atom. The van der Waals surface area contributed by atoms with Gasteiger partial charge in [0.1, 0.15) is 11.6 Å². The van der Waals surface area contributed by atoms with Gasteiger partial charge in [0.2, 0.25) is 0 Å². The van der Waals surface area contributed by atoms with Crippen molar-refractivity contribution in [2.75, 3.05) is 32.6 Å². The smallest absolute Gasteiger partial charge is 0.193 e. The monoisotopic (exact) mass is 552 g/mol. The van der Waals surface area contributed by atoms with E-state index in [4.69, 9.17) is 33.7 Å². The minimum absolute atomic E-state index is 0. The van der Waals surface area contributed by atoms with Crippen LogP contribution in [0.3, 0.4) is 0 Å². The number of nitrogens with one attached hydrogen (secondary N) is 1. The Bertz CT molecular complexity index is 884. The maximum absolute atomic E-state index is 13.9. The van der Waals surface area contributed by atoms with Crippen molar-refractivity contribution in [2.45, 2.75) is 12.5 Å². The topological polar surface area (TPSA) is 62.9 Å². The molecule has 0 bridgehead atoms. The number of nitrogens with two attached hydrogens (primary N) is 1. The van der Waals surface area contributed by atoms with E-state index >= 15 is 0 Å². The molecule has 3 N–H and O–H groups in total. The summed E-state index contributed by atoms with van der Waals surface area (Å²) in [5, 5.41) is 3.66. The van der Waals surface area contributed by atoms with Gasteiger partial charge in [-0.05, 0) is 61.8 Å². The molecule has 3 rings (SSSR count). The third-order valence-corrected chi connectivity index (χ3v) is 5.58. The number of likely N-dealkylation sites (tertiary alicyclic amines) is 1. The summed E-state index contributed by atoms with van der Waals surface area (Å²) in [4.78, 5) is 6.69. The Kier molecular flexibility index (Phi) is 8.81. The molecule has 0 amide bonds. The number of methoxy groups -OCH3 is 1. The van der Waals surface area contributed by atoms with Gasteiger partial charge < -0.3 is 15.8 Å². The minimum Gasteiger partial charge on any atom is -0.495 e. The van der Waals surface area contributed by atoms with Crippen LogP contribution in [0.4, 0.5) is 10.1 Å². The Labute approximate surface area is 197 Å². The number of guanidine groups is 1. The third-order valence-electron chi connectivity index (χ3n) is 4.98. The molecule has 29 heavy (non-hydrogen) atoms. The zero-order valence-electron chi connectivity index (χ0n) is 16.2. The van der Waals surface area contributed by atoms with Gasteiger partial charge in [0.15, 0.2) is 5.96 Å². The van der Waals surface area contributed by atoms with Crippen LogP contribution in [0.25, 0.3) is 0 Å². The molecule has 0 aliphatic carbocycles. The van der Waals surface area contributed by atoms with Crippen molar-refractivity contribution in [1.82, 2.24) is 4.90 Å². The van der Waals surface area contributed by atoms with Gasteiger partial charge in [-0.25, -0.2) is 4.39 Å². The SMILES string of the molecule is COc1ccc(NC(N)=NCC2CCN(C)C2c2ccc(Cl)c(F)c2)cc1Cl.I. The molecular formula is C20H24Cl2FIN4O. The first-order valence-electron chi connectivity index (χ1n) is 8.94. The van der Waals surface area contributed by atoms with Crippen LogP contribution in [0.2, 0.25) is 10.0 Å². The lowest BCUT2D eigenvalue weighted by atomic mass is 9.94. The second-order valence-corrected chi connectivity index (χ2v) is 7.66. The highest BCUT2D eigenvalue weighted by Gasteiger charge is 2.33. The number of rotatable bonds is 5. The van der Waals surface area contributed by atoms with Crippen molar-refractivity contribution in [3.8, 4) is 5.75 Å². The minimum atomic E-state index is -0.403. The summed E-state index contributed by atoms with van der Waals surface area (Å²) in [5.74, 6) is 0.719. The van der Waals surface area contributed by atoms with Gasteiger partial charge in [0.05, 0.1) is 17.2 Å². The molecule has 1 heterocycles. The van der Waals surface area contributed by atoms with Crippen molar-refractivity contribution < 1.29 is 9.13 Å². The predicted molar refractivity (Wildman–Crippen MR) is 128 cm³/mol. The molecule has 5 nitrogen and oxygen atoms in total. The summed E-state index contributed by atoms with van der Waals surface area (Å²) in [6.07, 6.45) is 0.955. The van der Waals surface area contributed by atoms with Gasteiger partial charge in [0, 0.05) is 18.3 Å². The van der Waals surface area contributed by atoms with Crippen LogP contribution < -0.4 is 15.8 Å². The zero-order valence-corrected chi connectivity index (χ0v) is 20.0. The molecule has 0 aromatic heterocycles. The van der Waals surface area contributed by atoms with Gasteiger partial charge in [0.25, 0.3) is 0 Å². The van der Waals surface area contributed by atoms with E-state index in [0.717, 1.165) is 24.2 Å². The van der Waals surface area contributed by atoms with E-state index in [1.165, 1.54) is 6.07 Å². The summed E-state index contributed by atoms with van der Waals surface area (Å²) in [5.41, 5.74) is 7.67. The van der Waals surface area contributed by atoms with Crippen LogP contribution in [0.15, 0.2) is 41.4 Å². The van der Waals surface area contributed by atoms with E-state index in [-0.39, 0.29) is 41.0 Å². The molecule has 1 aliphatic rings. The number of hydrogen-bond acceptors (Lipinski definition) is 3. The third kappa shape index (κ3) is 5.87. The second kappa shape index (κ2) is 10.7. The Hall–Kier alpha value is -1.29. The standard InChI is InChI=1S/C20H23Cl2FN4O.HI/c1-27-8-7-13(19(27)12-3-5-15(21)17(23)9-12)11-25-20(24)26-14-4-6-18(28-2)16(22)10-14;/h3-6,9-10,13,19H,7-8,11H2,1-2H3,(H3,24,25,26);1H. The number of halogens is 4. The van der Waals surface area contributed by atoms with Gasteiger partial charge in [-0.15, -0.1) is 24.0 Å². The Morgan fingerprint density at radius 3 is 2.69 bits per heavy atom. The Balaban J connectivity index is 0.00000300. The maximum atomic E-state index is 13.9. The average molecular weight is 553 g/mol. The van der Waals surface area contributed by atoms with E-state index in [1.807, 2.05) is 19.2 Å². The van der Waals surface area contributed by atoms with E-state index in [9.17, 15) is 4.39 Å². The first-order valence-corrected chi connectivity index (χ1v) is 9.70. The van der Waals surface area contributed by atoms with Crippen LogP contribution in [0, 0.1) is 11.7 Å². The average Bonchev–Trinajstić information content (AvgIpc) is 3.03. The number of aliphatic imine (C=N–C) groups is 1. The number of hydrogen-bond donors (Lipinski definition) is 2. The molecule has 2 aromatic rings. The van der Waals surface area contributed by atoms with Crippen LogP contribution in [0.1, 0.15) is 18.0 Å². The summed E-state index contributed by atoms with van der Waals surface area (Å²) in [6.45, 7) is 1.44. The fourth-order valence-electron chi connectivity index (χ4n) is 3.59. The molecule has 158 valence electrons. The fourth-order valence-corrected chi connectivity index (χ4v) is 3.96. The van der Waals surface area contributed by atoms with Crippen molar-refractivity contribution in [2.24, 2.45) is 16.6 Å². The van der Waals surface area contributed by atoms with Crippen molar-refractivity contribution in [3.05, 3.63) is 57.8 Å². The van der Waals surface area contributed by atoms with Gasteiger partial charge in [-0.2, -0.15) is 0 Å². The number of benzene rings is 2. The van der Waals surface area contributed by atoms with Crippen molar-refractivity contribution in [1.29, 1.82) is 0 Å². The summed E-state index contributed by atoms with van der Waals surface area (Å²) in [6, 6.07) is 10.3. The van der Waals surface area contributed by atoms with Gasteiger partial charge >= 0.3 is 0 Å². The Morgan fingerprint density at radius 2 is 2.03 bits per heavy atom. The lowest BCUT2D eigenvalue weighted by Crippen LogP contribution is -2.26. The molecule has 0 spiro atoms. The van der Waals surface area contributed by atoms with Crippen LogP contribution in [-0.2, 0) is 0 Å². The first-order chi connectivity index (χ1) is 13.4. The second-order valence-electron chi connectivity index (χ2n) is 6.85. The maximum Gasteiger partial charge on any atom is 0.193 e. The fraction of sp³-hybridized carbons (Fsp3) is 0.350. The highest BCUT2D eigenvalue weighted by molar-refractivity contribution is 14.0. The number of nitrogens with zero attached hydrogens (tertiary/aromatic N) is 2. The lowest BCUT2D eigenvalue weighted by Gasteiger charge is -2.25. The van der Waals surface area contributed by atoms with Gasteiger partial charge in [-0.1, -0.05) is 29.3 Å². The van der Waals surface area contributed by atoms with E-state index in [1.54, 1.807) is 25.3 Å². The molecule has 1 aliphatic heterocycles. The van der Waals surface area contributed by atoms with Crippen LogP contribution in [-0.4, -0.2) is 38.1 Å². The highest BCUT2D eigenvalue weighted by atomic mass is 127. The summed E-state index contributed by atoms with van der Waals surface area (Å²) >= 11 is 11.9. The molecule has 1 saturated heterocycles. The van der Waals surface area contributed by atoms with Gasteiger partial charge in [-0.3, -0.25) is 9.89 Å². The normalized spacial score (nSPS) is 19.7. The molecule has 2 atom stereocenters. The highest BCUT2D eigenvalue weighted by Crippen LogP contribution is 2.37. The molecule has 9 heteroatoms. The molecule has 0 saturated carbocycles. The molecular weight excluding hydrogens is 529 g/mol. The zero-order chi connectivity index (χ0) is 20.3. The van der Waals surface area contributed by atoms with Crippen molar-refractivity contribution in [3.63, 3.8) is 0 Å². The predicted octanol–water partition coefficient (Wildman–Crippen LogP) is 5.18. The lowest BCUT2D eigenvalue weighted by molar-refractivity contribution is 0.279. The number of ether oxygens (including phenoxy) is 1. The molecule has 0 radical (unpaired) electrons. The largest absolute Gasteiger partial charge is 0.495 e. The van der Waals surface area contributed by atoms with E-state index in [0.29, 0.717) is 23.3 Å². The first kappa shape index (κ1) is 24.0. The molecule has 1 fully saturated rings. The van der Waals surface area contributed by atoms with Crippen LogP contribution in [0.5, 0.6) is 5.75 Å². The van der Waals surface area contributed by atoms with Crippen molar-refractivity contribution >= 4 is 58.8 Å². The van der Waals surface area contributed by atoms with Crippen LogP contribution >= 0.6 is 47.2 Å². The summed E-state index contributed by atoms with van der Waals surface area (Å²) < 4.78 is 19.0.